The Hall–Kier alpha value is -3.01. The van der Waals surface area contributed by atoms with Gasteiger partial charge in [-0.15, -0.1) is 0 Å². The number of pyridine rings is 1. The van der Waals surface area contributed by atoms with Crippen molar-refractivity contribution in [3.8, 4) is 17.6 Å². The Morgan fingerprint density at radius 2 is 1.73 bits per heavy atom. The number of rotatable bonds is 4. The molecule has 2 aromatic rings. The first-order chi connectivity index (χ1) is 14.7. The minimum absolute atomic E-state index is 0.0765. The van der Waals surface area contributed by atoms with Gasteiger partial charge in [-0.25, -0.2) is 0 Å². The zero-order valence-corrected chi connectivity index (χ0v) is 17.7. The minimum atomic E-state index is 0.0765. The van der Waals surface area contributed by atoms with Crippen LogP contribution in [0, 0.1) is 17.2 Å². The van der Waals surface area contributed by atoms with Gasteiger partial charge in [0.1, 0.15) is 6.07 Å². The highest BCUT2D eigenvalue weighted by atomic mass is 16.5. The molecule has 1 amide bonds. The number of methoxy groups -OCH3 is 2. The van der Waals surface area contributed by atoms with Crippen LogP contribution in [0.1, 0.15) is 37.7 Å². The number of fused-ring (bicyclic) bond motifs is 1. The van der Waals surface area contributed by atoms with Gasteiger partial charge in [0.15, 0.2) is 11.5 Å². The van der Waals surface area contributed by atoms with Crippen molar-refractivity contribution in [2.75, 3.05) is 45.3 Å². The Bertz CT molecular complexity index is 971. The molecule has 0 atom stereocenters. The van der Waals surface area contributed by atoms with Crippen LogP contribution in [0.2, 0.25) is 0 Å². The average molecular weight is 409 g/mol. The molecular formula is C23H28N4O3. The fraction of sp³-hybridized carbons (Fsp3) is 0.522. The number of hydrogen-bond acceptors (Lipinski definition) is 6. The third-order valence-electron chi connectivity index (χ3n) is 6.29. The van der Waals surface area contributed by atoms with Gasteiger partial charge in [0.25, 0.3) is 0 Å². The highest BCUT2D eigenvalue weighted by molar-refractivity contribution is 5.96. The summed E-state index contributed by atoms with van der Waals surface area (Å²) in [5.41, 5.74) is 2.16. The van der Waals surface area contributed by atoms with E-state index in [-0.39, 0.29) is 5.92 Å². The molecule has 30 heavy (non-hydrogen) atoms. The number of ether oxygens (including phenoxy) is 2. The molecule has 7 nitrogen and oxygen atoms in total. The number of carbonyl (C=O) groups excluding carboxylic acids is 1. The Balaban J connectivity index is 1.60. The summed E-state index contributed by atoms with van der Waals surface area (Å²) in [7, 11) is 3.20. The molecule has 0 saturated carbocycles. The minimum Gasteiger partial charge on any atom is -0.493 e. The number of anilines is 1. The van der Waals surface area contributed by atoms with Crippen LogP contribution in [-0.4, -0.2) is 56.2 Å². The summed E-state index contributed by atoms with van der Waals surface area (Å²) >= 11 is 0. The quantitative estimate of drug-likeness (QED) is 0.772. The van der Waals surface area contributed by atoms with Gasteiger partial charge in [0, 0.05) is 49.7 Å². The third kappa shape index (κ3) is 3.74. The highest BCUT2D eigenvalue weighted by Crippen LogP contribution is 2.38. The number of likely N-dealkylation sites (tertiary alicyclic amines) is 1. The van der Waals surface area contributed by atoms with E-state index < -0.39 is 0 Å². The lowest BCUT2D eigenvalue weighted by Crippen LogP contribution is -2.44. The standard InChI is InChI=1S/C23H28N4O3/c1-29-20-12-18-19(13-21(20)30-2)25-15-17(14-24)22(18)26-10-6-16(7-11-26)23(28)27-8-4-3-5-9-27/h12-13,15-16H,3-11H2,1-2H3. The molecule has 2 fully saturated rings. The van der Waals surface area contributed by atoms with E-state index in [1.165, 1.54) is 6.42 Å². The number of hydrogen-bond donors (Lipinski definition) is 0. The van der Waals surface area contributed by atoms with Crippen LogP contribution in [0.25, 0.3) is 10.9 Å². The Morgan fingerprint density at radius 3 is 2.37 bits per heavy atom. The van der Waals surface area contributed by atoms with Gasteiger partial charge < -0.3 is 19.3 Å². The van der Waals surface area contributed by atoms with E-state index in [4.69, 9.17) is 9.47 Å². The van der Waals surface area contributed by atoms with Crippen molar-refractivity contribution >= 4 is 22.5 Å². The SMILES string of the molecule is COc1cc2ncc(C#N)c(N3CCC(C(=O)N4CCCCC4)CC3)c2cc1OC. The lowest BCUT2D eigenvalue weighted by molar-refractivity contribution is -0.137. The molecule has 0 spiro atoms. The van der Waals surface area contributed by atoms with Crippen molar-refractivity contribution in [3.63, 3.8) is 0 Å². The van der Waals surface area contributed by atoms with Crippen molar-refractivity contribution in [2.24, 2.45) is 5.92 Å². The predicted molar refractivity (Wildman–Crippen MR) is 115 cm³/mol. The second kappa shape index (κ2) is 8.78. The average Bonchev–Trinajstić information content (AvgIpc) is 2.82. The topological polar surface area (TPSA) is 78.7 Å². The third-order valence-corrected chi connectivity index (χ3v) is 6.29. The maximum absolute atomic E-state index is 12.9. The number of benzene rings is 1. The van der Waals surface area contributed by atoms with Crippen molar-refractivity contribution in [1.29, 1.82) is 5.26 Å². The molecule has 0 N–H and O–H groups in total. The number of nitriles is 1. The fourth-order valence-corrected chi connectivity index (χ4v) is 4.65. The van der Waals surface area contributed by atoms with E-state index in [1.54, 1.807) is 20.4 Å². The zero-order valence-electron chi connectivity index (χ0n) is 17.7. The summed E-state index contributed by atoms with van der Waals surface area (Å²) in [6, 6.07) is 6.02. The van der Waals surface area contributed by atoms with E-state index >= 15 is 0 Å². The normalized spacial score (nSPS) is 17.6. The number of aromatic nitrogens is 1. The van der Waals surface area contributed by atoms with Gasteiger partial charge in [0.05, 0.1) is 31.0 Å². The monoisotopic (exact) mass is 408 g/mol. The molecule has 3 heterocycles. The summed E-state index contributed by atoms with van der Waals surface area (Å²) in [6.07, 6.45) is 6.68. The molecule has 0 aliphatic carbocycles. The number of nitrogens with zero attached hydrogens (tertiary/aromatic N) is 4. The molecule has 0 bridgehead atoms. The molecule has 1 aromatic carbocycles. The van der Waals surface area contributed by atoms with E-state index in [0.717, 1.165) is 68.5 Å². The second-order valence-electron chi connectivity index (χ2n) is 8.00. The van der Waals surface area contributed by atoms with Crippen LogP contribution >= 0.6 is 0 Å². The van der Waals surface area contributed by atoms with Crippen molar-refractivity contribution in [2.45, 2.75) is 32.1 Å². The number of amides is 1. The van der Waals surface area contributed by atoms with Gasteiger partial charge in [-0.05, 0) is 38.2 Å². The van der Waals surface area contributed by atoms with Crippen LogP contribution in [0.5, 0.6) is 11.5 Å². The van der Waals surface area contributed by atoms with Gasteiger partial charge in [-0.1, -0.05) is 0 Å². The van der Waals surface area contributed by atoms with Crippen LogP contribution in [0.15, 0.2) is 18.3 Å². The molecule has 0 unspecified atom stereocenters. The zero-order chi connectivity index (χ0) is 21.1. The Kier molecular flexibility index (Phi) is 5.93. The van der Waals surface area contributed by atoms with Crippen LogP contribution in [0.4, 0.5) is 5.69 Å². The summed E-state index contributed by atoms with van der Waals surface area (Å²) in [6.45, 7) is 3.28. The molecule has 0 radical (unpaired) electrons. The van der Waals surface area contributed by atoms with Gasteiger partial charge in [0.2, 0.25) is 5.91 Å². The predicted octanol–water partition coefficient (Wildman–Crippen LogP) is 3.35. The molecule has 7 heteroatoms. The maximum atomic E-state index is 12.9. The summed E-state index contributed by atoms with van der Waals surface area (Å²) in [5, 5.41) is 10.6. The van der Waals surface area contributed by atoms with Gasteiger partial charge in [-0.3, -0.25) is 9.78 Å². The molecule has 2 aliphatic heterocycles. The van der Waals surface area contributed by atoms with E-state index in [1.807, 2.05) is 17.0 Å². The Labute approximate surface area is 177 Å². The first-order valence-corrected chi connectivity index (χ1v) is 10.6. The summed E-state index contributed by atoms with van der Waals surface area (Å²) in [4.78, 5) is 21.6. The molecule has 1 aromatic heterocycles. The van der Waals surface area contributed by atoms with Crippen molar-refractivity contribution in [1.82, 2.24) is 9.88 Å². The maximum Gasteiger partial charge on any atom is 0.225 e. The van der Waals surface area contributed by atoms with Crippen molar-refractivity contribution in [3.05, 3.63) is 23.9 Å². The number of carbonyl (C=O) groups is 1. The molecule has 2 saturated heterocycles. The first-order valence-electron chi connectivity index (χ1n) is 10.6. The molecule has 158 valence electrons. The smallest absolute Gasteiger partial charge is 0.225 e. The lowest BCUT2D eigenvalue weighted by atomic mass is 9.93. The largest absolute Gasteiger partial charge is 0.493 e. The fourth-order valence-electron chi connectivity index (χ4n) is 4.65. The van der Waals surface area contributed by atoms with Gasteiger partial charge >= 0.3 is 0 Å². The van der Waals surface area contributed by atoms with Crippen LogP contribution < -0.4 is 14.4 Å². The number of piperidine rings is 2. The lowest BCUT2D eigenvalue weighted by Gasteiger charge is -2.37. The van der Waals surface area contributed by atoms with E-state index in [9.17, 15) is 10.1 Å². The van der Waals surface area contributed by atoms with E-state index in [2.05, 4.69) is 16.0 Å². The van der Waals surface area contributed by atoms with Gasteiger partial charge in [-0.2, -0.15) is 5.26 Å². The van der Waals surface area contributed by atoms with Crippen LogP contribution in [-0.2, 0) is 4.79 Å². The second-order valence-corrected chi connectivity index (χ2v) is 8.00. The Morgan fingerprint density at radius 1 is 1.07 bits per heavy atom. The van der Waals surface area contributed by atoms with Crippen molar-refractivity contribution < 1.29 is 14.3 Å². The highest BCUT2D eigenvalue weighted by Gasteiger charge is 2.30. The van der Waals surface area contributed by atoms with E-state index in [0.29, 0.717) is 23.0 Å². The summed E-state index contributed by atoms with van der Waals surface area (Å²) < 4.78 is 10.9. The molecule has 4 rings (SSSR count). The van der Waals surface area contributed by atoms with Crippen LogP contribution in [0.3, 0.4) is 0 Å². The first kappa shape index (κ1) is 20.3. The summed E-state index contributed by atoms with van der Waals surface area (Å²) in [5.74, 6) is 1.60. The molecule has 2 aliphatic rings. The molecular weight excluding hydrogens is 380 g/mol.